The van der Waals surface area contributed by atoms with E-state index in [4.69, 9.17) is 0 Å². The largest absolute Gasteiger partial charge is 0.433 e. The van der Waals surface area contributed by atoms with E-state index in [1.54, 1.807) is 17.3 Å². The highest BCUT2D eigenvalue weighted by molar-refractivity contribution is 5.96. The van der Waals surface area contributed by atoms with Gasteiger partial charge in [-0.25, -0.2) is 14.6 Å². The van der Waals surface area contributed by atoms with Crippen LogP contribution in [0.15, 0.2) is 30.7 Å². The van der Waals surface area contributed by atoms with E-state index >= 15 is 0 Å². The third-order valence-electron chi connectivity index (χ3n) is 6.44. The van der Waals surface area contributed by atoms with Gasteiger partial charge in [-0.3, -0.25) is 4.79 Å². The summed E-state index contributed by atoms with van der Waals surface area (Å²) in [5, 5.41) is 5.20. The number of hydrogen-bond acceptors (Lipinski definition) is 6. The number of nitrogens with zero attached hydrogens (tertiary/aromatic N) is 7. The highest BCUT2D eigenvalue weighted by Crippen LogP contribution is 2.43. The van der Waals surface area contributed by atoms with Crippen LogP contribution in [0, 0.1) is 5.41 Å². The average Bonchev–Trinajstić information content (AvgIpc) is 3.34. The molecular weight excluding hydrogens is 423 g/mol. The number of pyridine rings is 1. The van der Waals surface area contributed by atoms with Gasteiger partial charge in [-0.15, -0.1) is 0 Å². The smallest absolute Gasteiger partial charge is 0.341 e. The van der Waals surface area contributed by atoms with Crippen LogP contribution in [-0.4, -0.2) is 50.3 Å². The predicted molar refractivity (Wildman–Crippen MR) is 111 cm³/mol. The maximum Gasteiger partial charge on any atom is 0.433 e. The van der Waals surface area contributed by atoms with Crippen molar-refractivity contribution in [2.75, 3.05) is 29.4 Å². The number of alkyl halides is 3. The number of aromatic nitrogens is 5. The Morgan fingerprint density at radius 1 is 1.09 bits per heavy atom. The molecule has 32 heavy (non-hydrogen) atoms. The lowest BCUT2D eigenvalue weighted by atomic mass is 9.77. The molecule has 5 rings (SSSR count). The second kappa shape index (κ2) is 7.42. The molecule has 0 aliphatic carbocycles. The summed E-state index contributed by atoms with van der Waals surface area (Å²) in [4.78, 5) is 29.0. The van der Waals surface area contributed by atoms with Crippen LogP contribution in [0.1, 0.15) is 31.9 Å². The molecule has 11 heteroatoms. The Morgan fingerprint density at radius 2 is 1.88 bits per heavy atom. The van der Waals surface area contributed by atoms with Gasteiger partial charge in [-0.1, -0.05) is 0 Å². The molecule has 0 N–H and O–H groups in total. The lowest BCUT2D eigenvalue weighted by Crippen LogP contribution is -2.42. The fraction of sp³-hybridized carbons (Fsp3) is 0.476. The van der Waals surface area contributed by atoms with Crippen LogP contribution >= 0.6 is 0 Å². The summed E-state index contributed by atoms with van der Waals surface area (Å²) in [5.41, 5.74) is 0.0435. The second-order valence-electron chi connectivity index (χ2n) is 8.45. The van der Waals surface area contributed by atoms with E-state index < -0.39 is 11.9 Å². The number of anilines is 2. The lowest BCUT2D eigenvalue weighted by molar-refractivity contribution is -0.141. The minimum Gasteiger partial charge on any atom is -0.341 e. The molecule has 0 saturated carbocycles. The third-order valence-corrected chi connectivity index (χ3v) is 6.44. The Kier molecular flexibility index (Phi) is 4.79. The molecule has 0 aromatic carbocycles. The van der Waals surface area contributed by atoms with E-state index in [1.165, 1.54) is 6.07 Å². The molecule has 2 saturated heterocycles. The highest BCUT2D eigenvalue weighted by atomic mass is 19.4. The van der Waals surface area contributed by atoms with Gasteiger partial charge < -0.3 is 9.80 Å². The zero-order valence-corrected chi connectivity index (χ0v) is 17.5. The molecule has 0 radical (unpaired) electrons. The van der Waals surface area contributed by atoms with E-state index in [1.807, 2.05) is 11.6 Å². The summed E-state index contributed by atoms with van der Waals surface area (Å²) in [6, 6.07) is 2.24. The number of carbonyl (C=O) groups excluding carboxylic acids is 1. The van der Waals surface area contributed by atoms with E-state index in [-0.39, 0.29) is 11.3 Å². The van der Waals surface area contributed by atoms with Gasteiger partial charge in [0, 0.05) is 44.2 Å². The Bertz CT molecular complexity index is 1150. The van der Waals surface area contributed by atoms with Crippen molar-refractivity contribution in [3.63, 3.8) is 0 Å². The summed E-state index contributed by atoms with van der Waals surface area (Å²) in [6.07, 6.45) is 2.10. The first kappa shape index (κ1) is 20.7. The van der Waals surface area contributed by atoms with Gasteiger partial charge in [-0.2, -0.15) is 23.3 Å². The maximum absolute atomic E-state index is 12.8. The maximum atomic E-state index is 12.8. The fourth-order valence-corrected chi connectivity index (χ4v) is 4.60. The van der Waals surface area contributed by atoms with Crippen molar-refractivity contribution in [3.8, 4) is 0 Å². The van der Waals surface area contributed by atoms with Crippen LogP contribution in [0.4, 0.5) is 24.8 Å². The average molecular weight is 445 g/mol. The molecule has 3 aromatic rings. The SMILES string of the molecule is CCn1ncc2cnc(N3CCC4(CC3)CC(=O)N(c3ccc(C(F)(F)F)nc3)C4)nc21. The standard InChI is InChI=1S/C21H22F3N7O/c1-2-31-18-14(11-27-31)10-26-19(28-18)29-7-5-20(6-8-29)9-17(32)30(13-20)15-3-4-16(25-12-15)21(22,23)24/h3-4,10-12H,2,5-9,13H2,1H3. The molecule has 168 valence electrons. The molecule has 1 spiro atoms. The van der Waals surface area contributed by atoms with E-state index in [2.05, 4.69) is 25.0 Å². The Balaban J connectivity index is 1.29. The summed E-state index contributed by atoms with van der Waals surface area (Å²) >= 11 is 0. The number of piperidine rings is 1. The molecular formula is C21H22F3N7O. The fourth-order valence-electron chi connectivity index (χ4n) is 4.60. The number of hydrogen-bond donors (Lipinski definition) is 0. The molecule has 1 amide bonds. The van der Waals surface area contributed by atoms with Crippen LogP contribution in [0.3, 0.4) is 0 Å². The molecule has 0 unspecified atom stereocenters. The molecule has 2 aliphatic heterocycles. The predicted octanol–water partition coefficient (Wildman–Crippen LogP) is 3.28. The Hall–Kier alpha value is -3.24. The van der Waals surface area contributed by atoms with Crippen LogP contribution in [-0.2, 0) is 17.5 Å². The normalized spacial score (nSPS) is 18.8. The first-order chi connectivity index (χ1) is 15.3. The van der Waals surface area contributed by atoms with E-state index in [9.17, 15) is 18.0 Å². The van der Waals surface area contributed by atoms with Gasteiger partial charge in [0.2, 0.25) is 11.9 Å². The number of rotatable bonds is 3. The third kappa shape index (κ3) is 3.55. The highest BCUT2D eigenvalue weighted by Gasteiger charge is 2.46. The van der Waals surface area contributed by atoms with Gasteiger partial charge in [0.15, 0.2) is 5.65 Å². The molecule has 5 heterocycles. The number of fused-ring (bicyclic) bond motifs is 1. The van der Waals surface area contributed by atoms with Gasteiger partial charge in [0.05, 0.1) is 23.5 Å². The minimum atomic E-state index is -4.50. The quantitative estimate of drug-likeness (QED) is 0.616. The van der Waals surface area contributed by atoms with Crippen molar-refractivity contribution in [2.24, 2.45) is 5.41 Å². The molecule has 8 nitrogen and oxygen atoms in total. The minimum absolute atomic E-state index is 0.0791. The van der Waals surface area contributed by atoms with Crippen molar-refractivity contribution in [1.82, 2.24) is 24.7 Å². The molecule has 0 bridgehead atoms. The van der Waals surface area contributed by atoms with Crippen LogP contribution in [0.2, 0.25) is 0 Å². The Morgan fingerprint density at radius 3 is 2.53 bits per heavy atom. The first-order valence-corrected chi connectivity index (χ1v) is 10.6. The van der Waals surface area contributed by atoms with E-state index in [0.29, 0.717) is 37.7 Å². The lowest BCUT2D eigenvalue weighted by Gasteiger charge is -2.38. The molecule has 3 aromatic heterocycles. The topological polar surface area (TPSA) is 80.0 Å². The van der Waals surface area contributed by atoms with Gasteiger partial charge in [-0.05, 0) is 31.9 Å². The zero-order chi connectivity index (χ0) is 22.5. The van der Waals surface area contributed by atoms with Gasteiger partial charge in [0.25, 0.3) is 0 Å². The summed E-state index contributed by atoms with van der Waals surface area (Å²) in [6.45, 7) is 4.62. The van der Waals surface area contributed by atoms with Crippen LogP contribution in [0.25, 0.3) is 11.0 Å². The number of amides is 1. The summed E-state index contributed by atoms with van der Waals surface area (Å²) < 4.78 is 40.2. The molecule has 0 atom stereocenters. The number of aryl methyl sites for hydroxylation is 1. The summed E-state index contributed by atoms with van der Waals surface area (Å²) in [7, 11) is 0. The van der Waals surface area contributed by atoms with Crippen molar-refractivity contribution in [2.45, 2.75) is 38.9 Å². The van der Waals surface area contributed by atoms with Gasteiger partial charge in [0.1, 0.15) is 5.69 Å². The van der Waals surface area contributed by atoms with Gasteiger partial charge >= 0.3 is 6.18 Å². The van der Waals surface area contributed by atoms with Crippen LogP contribution < -0.4 is 9.80 Å². The Labute approximate surface area is 182 Å². The number of carbonyl (C=O) groups is 1. The van der Waals surface area contributed by atoms with Crippen molar-refractivity contribution in [1.29, 1.82) is 0 Å². The monoisotopic (exact) mass is 445 g/mol. The zero-order valence-electron chi connectivity index (χ0n) is 17.5. The van der Waals surface area contributed by atoms with Crippen molar-refractivity contribution in [3.05, 3.63) is 36.4 Å². The molecule has 2 fully saturated rings. The second-order valence-corrected chi connectivity index (χ2v) is 8.45. The van der Waals surface area contributed by atoms with Crippen molar-refractivity contribution < 1.29 is 18.0 Å². The summed E-state index contributed by atoms with van der Waals surface area (Å²) in [5.74, 6) is 0.570. The van der Waals surface area contributed by atoms with E-state index in [0.717, 1.165) is 42.7 Å². The van der Waals surface area contributed by atoms with Crippen LogP contribution in [0.5, 0.6) is 0 Å². The number of halogens is 3. The first-order valence-electron chi connectivity index (χ1n) is 10.6. The van der Waals surface area contributed by atoms with Crippen molar-refractivity contribution >= 4 is 28.6 Å². The molecule has 2 aliphatic rings.